The molecule has 0 amide bonds. The highest BCUT2D eigenvalue weighted by atomic mass is 19.1. The molecule has 0 aromatic rings. The van der Waals surface area contributed by atoms with Crippen LogP contribution in [-0.2, 0) is 0 Å². The van der Waals surface area contributed by atoms with Gasteiger partial charge in [-0.15, -0.1) is 0 Å². The number of aliphatic imine (C=N–C) groups is 1. The first-order chi connectivity index (χ1) is 7.10. The van der Waals surface area contributed by atoms with E-state index in [1.807, 2.05) is 6.08 Å². The summed E-state index contributed by atoms with van der Waals surface area (Å²) in [5.41, 5.74) is 11.6. The topological polar surface area (TPSA) is 64.4 Å². The molecule has 3 nitrogen and oxygen atoms in total. The molecule has 0 saturated heterocycles. The number of alkyl halides is 1. The van der Waals surface area contributed by atoms with Crippen LogP contribution in [-0.4, -0.2) is 17.5 Å². The van der Waals surface area contributed by atoms with E-state index in [9.17, 15) is 4.39 Å². The lowest BCUT2D eigenvalue weighted by atomic mass is 9.72. The first kappa shape index (κ1) is 10.6. The van der Waals surface area contributed by atoms with Crippen LogP contribution in [0.4, 0.5) is 4.39 Å². The Morgan fingerprint density at radius 3 is 2.60 bits per heavy atom. The Labute approximate surface area is 89.4 Å². The first-order valence-electron chi connectivity index (χ1n) is 5.53. The molecule has 4 N–H and O–H groups in total. The maximum Gasteiger partial charge on any atom is 0.101 e. The molecule has 0 bridgehead atoms. The second-order valence-electron chi connectivity index (χ2n) is 4.67. The van der Waals surface area contributed by atoms with Gasteiger partial charge in [-0.1, -0.05) is 0 Å². The second kappa shape index (κ2) is 3.93. The molecule has 1 saturated carbocycles. The van der Waals surface area contributed by atoms with Crippen LogP contribution in [0.3, 0.4) is 0 Å². The minimum atomic E-state index is -0.636. The van der Waals surface area contributed by atoms with E-state index in [-0.39, 0.29) is 0 Å². The van der Waals surface area contributed by atoms with E-state index in [1.54, 1.807) is 6.20 Å². The van der Waals surface area contributed by atoms with Crippen LogP contribution in [0, 0.1) is 5.92 Å². The molecule has 2 aliphatic rings. The highest BCUT2D eigenvalue weighted by Crippen LogP contribution is 2.36. The van der Waals surface area contributed by atoms with Crippen molar-refractivity contribution in [2.75, 3.05) is 0 Å². The minimum absolute atomic E-state index is 0.342. The van der Waals surface area contributed by atoms with Crippen molar-refractivity contribution in [2.45, 2.75) is 43.8 Å². The Morgan fingerprint density at radius 1 is 1.33 bits per heavy atom. The standard InChI is InChI=1S/C11H18FN3/c12-9-3-1-8(2-4-9)11(14)5-6-15-10(13)7-11/h5-6,8-9H,1-4,7,14H2,(H2,13,15). The van der Waals surface area contributed by atoms with Crippen LogP contribution in [0.25, 0.3) is 0 Å². The third-order valence-electron chi connectivity index (χ3n) is 3.53. The number of rotatable bonds is 1. The summed E-state index contributed by atoms with van der Waals surface area (Å²) in [4.78, 5) is 3.99. The van der Waals surface area contributed by atoms with Crippen LogP contribution in [0.5, 0.6) is 0 Å². The predicted octanol–water partition coefficient (Wildman–Crippen LogP) is 1.49. The van der Waals surface area contributed by atoms with Crippen molar-refractivity contribution in [3.05, 3.63) is 12.3 Å². The molecule has 0 aromatic heterocycles. The first-order valence-corrected chi connectivity index (χ1v) is 5.53. The van der Waals surface area contributed by atoms with Crippen molar-refractivity contribution in [2.24, 2.45) is 22.4 Å². The Kier molecular flexibility index (Phi) is 2.78. The molecule has 0 aromatic carbocycles. The predicted molar refractivity (Wildman–Crippen MR) is 59.2 cm³/mol. The van der Waals surface area contributed by atoms with Gasteiger partial charge in [-0.25, -0.2) is 9.38 Å². The van der Waals surface area contributed by atoms with Gasteiger partial charge in [-0.05, 0) is 37.7 Å². The average Bonchev–Trinajstić information content (AvgIpc) is 2.18. The van der Waals surface area contributed by atoms with Crippen LogP contribution in [0.1, 0.15) is 32.1 Å². The summed E-state index contributed by atoms with van der Waals surface area (Å²) in [6.45, 7) is 0. The normalized spacial score (nSPS) is 41.3. The Bertz CT molecular complexity index is 292. The molecule has 2 rings (SSSR count). The summed E-state index contributed by atoms with van der Waals surface area (Å²) >= 11 is 0. The van der Waals surface area contributed by atoms with E-state index < -0.39 is 11.7 Å². The lowest BCUT2D eigenvalue weighted by Crippen LogP contribution is -2.50. The maximum atomic E-state index is 13.0. The zero-order valence-electron chi connectivity index (χ0n) is 8.82. The van der Waals surface area contributed by atoms with E-state index in [0.717, 1.165) is 12.8 Å². The molecule has 0 radical (unpaired) electrons. The van der Waals surface area contributed by atoms with Crippen molar-refractivity contribution in [3.8, 4) is 0 Å². The van der Waals surface area contributed by atoms with E-state index >= 15 is 0 Å². The molecule has 1 unspecified atom stereocenters. The number of amidine groups is 1. The van der Waals surface area contributed by atoms with Gasteiger partial charge in [0.05, 0.1) is 0 Å². The van der Waals surface area contributed by atoms with Gasteiger partial charge >= 0.3 is 0 Å². The number of nitrogens with zero attached hydrogens (tertiary/aromatic N) is 1. The highest BCUT2D eigenvalue weighted by Gasteiger charge is 2.37. The molecule has 1 aliphatic carbocycles. The van der Waals surface area contributed by atoms with Gasteiger partial charge in [0.25, 0.3) is 0 Å². The van der Waals surface area contributed by atoms with Crippen LogP contribution in [0.15, 0.2) is 17.3 Å². The largest absolute Gasteiger partial charge is 0.387 e. The van der Waals surface area contributed by atoms with Crippen LogP contribution < -0.4 is 11.5 Å². The summed E-state index contributed by atoms with van der Waals surface area (Å²) in [6, 6.07) is 0. The summed E-state index contributed by atoms with van der Waals surface area (Å²) in [6.07, 6.45) is 6.55. The lowest BCUT2D eigenvalue weighted by molar-refractivity contribution is 0.168. The van der Waals surface area contributed by atoms with Gasteiger partial charge in [0.15, 0.2) is 0 Å². The van der Waals surface area contributed by atoms with E-state index in [2.05, 4.69) is 4.99 Å². The summed E-state index contributed by atoms with van der Waals surface area (Å²) in [5, 5.41) is 0. The Morgan fingerprint density at radius 2 is 2.00 bits per heavy atom. The molecule has 1 aliphatic heterocycles. The van der Waals surface area contributed by atoms with Crippen molar-refractivity contribution < 1.29 is 4.39 Å². The fraction of sp³-hybridized carbons (Fsp3) is 0.727. The molecule has 4 heteroatoms. The molecule has 1 fully saturated rings. The molecule has 1 heterocycles. The van der Waals surface area contributed by atoms with Crippen LogP contribution in [0.2, 0.25) is 0 Å². The van der Waals surface area contributed by atoms with Gasteiger partial charge in [0.1, 0.15) is 12.0 Å². The van der Waals surface area contributed by atoms with Gasteiger partial charge in [-0.3, -0.25) is 0 Å². The molecule has 0 spiro atoms. The number of hydrogen-bond donors (Lipinski definition) is 2. The maximum absolute atomic E-state index is 13.0. The van der Waals surface area contributed by atoms with Crippen LogP contribution >= 0.6 is 0 Å². The van der Waals surface area contributed by atoms with Crippen molar-refractivity contribution in [1.82, 2.24) is 0 Å². The molecule has 1 atom stereocenters. The summed E-state index contributed by atoms with van der Waals surface area (Å²) < 4.78 is 13.0. The minimum Gasteiger partial charge on any atom is -0.387 e. The summed E-state index contributed by atoms with van der Waals surface area (Å²) in [5.74, 6) is 0.928. The second-order valence-corrected chi connectivity index (χ2v) is 4.67. The molecule has 84 valence electrons. The fourth-order valence-electron chi connectivity index (χ4n) is 2.56. The molecule has 15 heavy (non-hydrogen) atoms. The number of halogens is 1. The van der Waals surface area contributed by atoms with Gasteiger partial charge in [-0.2, -0.15) is 0 Å². The Balaban J connectivity index is 2.04. The van der Waals surface area contributed by atoms with Gasteiger partial charge in [0, 0.05) is 18.2 Å². The SMILES string of the molecule is NC1=NC=CC(N)(C2CCC(F)CC2)C1. The monoisotopic (exact) mass is 211 g/mol. The van der Waals surface area contributed by atoms with E-state index in [1.165, 1.54) is 0 Å². The van der Waals surface area contributed by atoms with E-state index in [0.29, 0.717) is 31.0 Å². The fourth-order valence-corrected chi connectivity index (χ4v) is 2.56. The van der Waals surface area contributed by atoms with E-state index in [4.69, 9.17) is 11.5 Å². The quantitative estimate of drug-likeness (QED) is 0.690. The number of nitrogens with two attached hydrogens (primary N) is 2. The van der Waals surface area contributed by atoms with Gasteiger partial charge < -0.3 is 11.5 Å². The zero-order chi connectivity index (χ0) is 10.9. The molecular formula is C11H18FN3. The average molecular weight is 211 g/mol. The zero-order valence-corrected chi connectivity index (χ0v) is 8.82. The third-order valence-corrected chi connectivity index (χ3v) is 3.53. The smallest absolute Gasteiger partial charge is 0.101 e. The molecular weight excluding hydrogens is 193 g/mol. The highest BCUT2D eigenvalue weighted by molar-refractivity contribution is 5.83. The Hall–Kier alpha value is -0.900. The summed E-state index contributed by atoms with van der Waals surface area (Å²) in [7, 11) is 0. The van der Waals surface area contributed by atoms with Crippen molar-refractivity contribution in [1.29, 1.82) is 0 Å². The van der Waals surface area contributed by atoms with Crippen molar-refractivity contribution >= 4 is 5.84 Å². The van der Waals surface area contributed by atoms with Gasteiger partial charge in [0.2, 0.25) is 0 Å². The number of hydrogen-bond acceptors (Lipinski definition) is 3. The third kappa shape index (κ3) is 2.20. The van der Waals surface area contributed by atoms with Crippen molar-refractivity contribution in [3.63, 3.8) is 0 Å². The lowest BCUT2D eigenvalue weighted by Gasteiger charge is -2.39.